The zero-order chi connectivity index (χ0) is 23.3. The van der Waals surface area contributed by atoms with E-state index in [-0.39, 0.29) is 6.61 Å². The summed E-state index contributed by atoms with van der Waals surface area (Å²) in [5, 5.41) is 27.9. The number of benzene rings is 2. The molecular formula is C27H25N5OS. The predicted octanol–water partition coefficient (Wildman–Crippen LogP) is 5.92. The number of hydrogen-bond acceptors (Lipinski definition) is 6. The molecule has 0 fully saturated rings. The van der Waals surface area contributed by atoms with Gasteiger partial charge in [0.05, 0.1) is 11.3 Å². The topological polar surface area (TPSA) is 96.8 Å². The largest absolute Gasteiger partial charge is 0.396 e. The van der Waals surface area contributed by atoms with E-state index in [2.05, 4.69) is 50.9 Å². The van der Waals surface area contributed by atoms with Gasteiger partial charge in [-0.15, -0.1) is 11.3 Å². The number of rotatable bonds is 9. The quantitative estimate of drug-likeness (QED) is 0.202. The van der Waals surface area contributed by atoms with Gasteiger partial charge in [0.1, 0.15) is 6.07 Å². The van der Waals surface area contributed by atoms with E-state index in [1.165, 1.54) is 15.6 Å². The van der Waals surface area contributed by atoms with Gasteiger partial charge in [-0.3, -0.25) is 4.98 Å². The minimum Gasteiger partial charge on any atom is -0.396 e. The molecule has 0 saturated carbocycles. The first-order valence-corrected chi connectivity index (χ1v) is 12.1. The lowest BCUT2D eigenvalue weighted by Gasteiger charge is -2.13. The van der Waals surface area contributed by atoms with Crippen molar-refractivity contribution in [3.05, 3.63) is 78.2 Å². The molecule has 0 aliphatic heterocycles. The zero-order valence-electron chi connectivity index (χ0n) is 18.6. The third kappa shape index (κ3) is 4.52. The lowest BCUT2D eigenvalue weighted by molar-refractivity contribution is 0.283. The Bertz CT molecular complexity index is 1480. The molecule has 170 valence electrons. The van der Waals surface area contributed by atoms with Crippen LogP contribution in [0, 0.1) is 11.3 Å². The Balaban J connectivity index is 1.47. The first kappa shape index (κ1) is 22.1. The highest BCUT2D eigenvalue weighted by molar-refractivity contribution is 7.22. The van der Waals surface area contributed by atoms with Gasteiger partial charge in [-0.25, -0.2) is 0 Å². The van der Waals surface area contributed by atoms with Crippen molar-refractivity contribution < 1.29 is 5.11 Å². The van der Waals surface area contributed by atoms with Gasteiger partial charge in [0, 0.05) is 63.5 Å². The third-order valence-electron chi connectivity index (χ3n) is 5.86. The first-order chi connectivity index (χ1) is 16.8. The number of pyridine rings is 1. The average Bonchev–Trinajstić information content (AvgIpc) is 3.51. The smallest absolute Gasteiger partial charge is 0.103 e. The van der Waals surface area contributed by atoms with Crippen LogP contribution >= 0.6 is 11.3 Å². The van der Waals surface area contributed by atoms with Gasteiger partial charge in [-0.05, 0) is 66.7 Å². The average molecular weight is 468 g/mol. The van der Waals surface area contributed by atoms with Crippen molar-refractivity contribution in [3.8, 4) is 16.5 Å². The van der Waals surface area contributed by atoms with Crippen molar-refractivity contribution in [2.75, 3.05) is 18.5 Å². The molecule has 0 unspecified atom stereocenters. The summed E-state index contributed by atoms with van der Waals surface area (Å²) in [7, 11) is 0. The van der Waals surface area contributed by atoms with Gasteiger partial charge in [-0.1, -0.05) is 12.1 Å². The van der Waals surface area contributed by atoms with E-state index in [9.17, 15) is 5.26 Å². The normalized spacial score (nSPS) is 11.2. The minimum atomic E-state index is 0.240. The highest BCUT2D eigenvalue weighted by atomic mass is 32.1. The number of unbranched alkanes of at least 4 members (excludes halogenated alkanes) is 1. The number of anilines is 2. The molecule has 4 N–H and O–H groups in total. The Kier molecular flexibility index (Phi) is 6.54. The number of nitrogens with zero attached hydrogens (tertiary/aromatic N) is 2. The molecule has 0 radical (unpaired) electrons. The molecule has 5 aromatic rings. The molecule has 0 spiro atoms. The summed E-state index contributed by atoms with van der Waals surface area (Å²) in [6, 6.07) is 19.1. The Morgan fingerprint density at radius 3 is 2.91 bits per heavy atom. The first-order valence-electron chi connectivity index (χ1n) is 11.3. The molecule has 34 heavy (non-hydrogen) atoms. The molecule has 2 aromatic carbocycles. The predicted molar refractivity (Wildman–Crippen MR) is 139 cm³/mol. The van der Waals surface area contributed by atoms with Crippen LogP contribution in [0.25, 0.3) is 31.4 Å². The van der Waals surface area contributed by atoms with E-state index < -0.39 is 0 Å². The number of aliphatic hydroxyl groups excluding tert-OH is 1. The van der Waals surface area contributed by atoms with Crippen LogP contribution in [0.2, 0.25) is 0 Å². The monoisotopic (exact) mass is 467 g/mol. The summed E-state index contributed by atoms with van der Waals surface area (Å²) in [5.41, 5.74) is 5.40. The molecule has 0 amide bonds. The van der Waals surface area contributed by atoms with Crippen molar-refractivity contribution in [2.24, 2.45) is 0 Å². The van der Waals surface area contributed by atoms with Gasteiger partial charge in [0.15, 0.2) is 0 Å². The maximum Gasteiger partial charge on any atom is 0.103 e. The summed E-state index contributed by atoms with van der Waals surface area (Å²) >= 11 is 1.70. The molecule has 0 bridgehead atoms. The van der Waals surface area contributed by atoms with E-state index in [1.807, 2.05) is 36.7 Å². The Morgan fingerprint density at radius 2 is 2.03 bits per heavy atom. The van der Waals surface area contributed by atoms with E-state index in [1.54, 1.807) is 17.5 Å². The summed E-state index contributed by atoms with van der Waals surface area (Å²) in [6.07, 6.45) is 7.14. The number of fused-ring (bicyclic) bond motifs is 2. The molecule has 0 saturated heterocycles. The van der Waals surface area contributed by atoms with Crippen LogP contribution in [0.15, 0.2) is 67.1 Å². The number of nitriles is 1. The summed E-state index contributed by atoms with van der Waals surface area (Å²) in [5.74, 6) is 0. The second-order valence-corrected chi connectivity index (χ2v) is 9.26. The second kappa shape index (κ2) is 10.1. The summed E-state index contributed by atoms with van der Waals surface area (Å²) < 4.78 is 1.19. The van der Waals surface area contributed by atoms with Crippen LogP contribution in [0.5, 0.6) is 0 Å². The SMILES string of the molecule is N#Cc1cncc(-c2cc3cc(CNCCCCO)ccc3s2)c1Nc1cccc2[nH]ccc12. The molecule has 3 heterocycles. The van der Waals surface area contributed by atoms with Crippen molar-refractivity contribution in [1.82, 2.24) is 15.3 Å². The van der Waals surface area contributed by atoms with Gasteiger partial charge in [0.2, 0.25) is 0 Å². The molecule has 0 atom stereocenters. The van der Waals surface area contributed by atoms with Crippen LogP contribution in [-0.4, -0.2) is 28.2 Å². The Morgan fingerprint density at radius 1 is 1.09 bits per heavy atom. The van der Waals surface area contributed by atoms with Gasteiger partial charge >= 0.3 is 0 Å². The molecule has 7 heteroatoms. The van der Waals surface area contributed by atoms with Crippen LogP contribution in [0.1, 0.15) is 24.0 Å². The third-order valence-corrected chi connectivity index (χ3v) is 7.01. The van der Waals surface area contributed by atoms with E-state index in [0.29, 0.717) is 5.56 Å². The van der Waals surface area contributed by atoms with E-state index in [4.69, 9.17) is 5.11 Å². The number of aliphatic hydroxyl groups is 1. The molecule has 0 aliphatic carbocycles. The molecular weight excluding hydrogens is 442 g/mol. The molecule has 6 nitrogen and oxygen atoms in total. The maximum absolute atomic E-state index is 9.80. The number of hydrogen-bond donors (Lipinski definition) is 4. The molecule has 3 aromatic heterocycles. The number of H-pyrrole nitrogens is 1. The highest BCUT2D eigenvalue weighted by Crippen LogP contribution is 2.40. The van der Waals surface area contributed by atoms with Crippen molar-refractivity contribution >= 4 is 43.7 Å². The second-order valence-electron chi connectivity index (χ2n) is 8.18. The molecule has 0 aliphatic rings. The van der Waals surface area contributed by atoms with Crippen molar-refractivity contribution in [3.63, 3.8) is 0 Å². The summed E-state index contributed by atoms with van der Waals surface area (Å²) in [4.78, 5) is 8.65. The van der Waals surface area contributed by atoms with E-state index in [0.717, 1.165) is 58.6 Å². The van der Waals surface area contributed by atoms with Crippen LogP contribution < -0.4 is 10.6 Å². The Hall–Kier alpha value is -3.70. The fourth-order valence-electron chi connectivity index (χ4n) is 4.13. The van der Waals surface area contributed by atoms with Gasteiger partial charge in [-0.2, -0.15) is 5.26 Å². The number of aromatic amines is 1. The zero-order valence-corrected chi connectivity index (χ0v) is 19.5. The minimum absolute atomic E-state index is 0.240. The number of nitrogens with one attached hydrogen (secondary N) is 3. The van der Waals surface area contributed by atoms with Crippen LogP contribution in [0.4, 0.5) is 11.4 Å². The fourth-order valence-corrected chi connectivity index (χ4v) is 5.19. The lowest BCUT2D eigenvalue weighted by atomic mass is 10.1. The standard InChI is InChI=1S/C27H25N5OS/c28-14-20-16-30-17-22(27(20)32-24-5-3-4-23-21(24)8-10-31-23)26-13-19-12-18(6-7-25(19)34-26)15-29-9-1-2-11-33/h3-8,10,12-13,16-17,29,31,33H,1-2,9,11,15H2,(H,30,32). The van der Waals surface area contributed by atoms with Gasteiger partial charge < -0.3 is 20.7 Å². The van der Waals surface area contributed by atoms with Crippen LogP contribution in [-0.2, 0) is 6.54 Å². The maximum atomic E-state index is 9.80. The summed E-state index contributed by atoms with van der Waals surface area (Å²) in [6.45, 7) is 1.93. The number of aromatic nitrogens is 2. The van der Waals surface area contributed by atoms with Crippen molar-refractivity contribution in [2.45, 2.75) is 19.4 Å². The molecule has 5 rings (SSSR count). The van der Waals surface area contributed by atoms with Crippen LogP contribution in [0.3, 0.4) is 0 Å². The van der Waals surface area contributed by atoms with Gasteiger partial charge in [0.25, 0.3) is 0 Å². The Labute approximate surface area is 201 Å². The van der Waals surface area contributed by atoms with E-state index >= 15 is 0 Å². The van der Waals surface area contributed by atoms with Crippen molar-refractivity contribution in [1.29, 1.82) is 5.26 Å². The fraction of sp³-hybridized carbons (Fsp3) is 0.185. The number of thiophene rings is 1. The highest BCUT2D eigenvalue weighted by Gasteiger charge is 2.15. The lowest BCUT2D eigenvalue weighted by Crippen LogP contribution is -2.14.